The Morgan fingerprint density at radius 2 is 2.00 bits per heavy atom. The Kier molecular flexibility index (Phi) is 2.57. The van der Waals surface area contributed by atoms with Crippen molar-refractivity contribution >= 4 is 0 Å². The highest BCUT2D eigenvalue weighted by Gasteiger charge is 2.65. The lowest BCUT2D eigenvalue weighted by atomic mass is 10.0. The number of imidazole rings is 1. The minimum atomic E-state index is 0.154. The predicted octanol–water partition coefficient (Wildman–Crippen LogP) is 3.15. The SMILES string of the molecule is CC(C)CC(N)c1cncn1C1C2C3CCC(C3)C21. The number of fused-ring (bicyclic) bond motifs is 5. The molecular formula is C16H25N3. The minimum Gasteiger partial charge on any atom is -0.329 e. The van der Waals surface area contributed by atoms with Gasteiger partial charge in [0.2, 0.25) is 0 Å². The molecule has 2 bridgehead atoms. The van der Waals surface area contributed by atoms with E-state index in [-0.39, 0.29) is 6.04 Å². The van der Waals surface area contributed by atoms with Gasteiger partial charge in [-0.25, -0.2) is 4.98 Å². The van der Waals surface area contributed by atoms with Crippen LogP contribution in [-0.4, -0.2) is 9.55 Å². The lowest BCUT2D eigenvalue weighted by Crippen LogP contribution is -2.18. The number of nitrogens with two attached hydrogens (primary N) is 1. The molecule has 3 nitrogen and oxygen atoms in total. The van der Waals surface area contributed by atoms with Crippen LogP contribution < -0.4 is 5.73 Å². The molecule has 0 aromatic carbocycles. The van der Waals surface area contributed by atoms with Gasteiger partial charge in [-0.3, -0.25) is 0 Å². The molecule has 1 heterocycles. The van der Waals surface area contributed by atoms with Crippen molar-refractivity contribution < 1.29 is 0 Å². The van der Waals surface area contributed by atoms with Crippen LogP contribution in [0.2, 0.25) is 0 Å². The van der Waals surface area contributed by atoms with Gasteiger partial charge >= 0.3 is 0 Å². The number of hydrogen-bond donors (Lipinski definition) is 1. The van der Waals surface area contributed by atoms with Crippen molar-refractivity contribution in [2.75, 3.05) is 0 Å². The summed E-state index contributed by atoms with van der Waals surface area (Å²) in [4.78, 5) is 4.39. The van der Waals surface area contributed by atoms with Gasteiger partial charge in [0.05, 0.1) is 12.0 Å². The zero-order valence-corrected chi connectivity index (χ0v) is 12.0. The number of aromatic nitrogens is 2. The first-order chi connectivity index (χ1) is 9.16. The molecular weight excluding hydrogens is 234 g/mol. The Labute approximate surface area is 115 Å². The summed E-state index contributed by atoms with van der Waals surface area (Å²) in [5, 5.41) is 0. The Morgan fingerprint density at radius 3 is 2.63 bits per heavy atom. The Morgan fingerprint density at radius 1 is 1.32 bits per heavy atom. The van der Waals surface area contributed by atoms with Crippen LogP contribution in [0.25, 0.3) is 0 Å². The molecule has 0 spiro atoms. The first-order valence-corrected chi connectivity index (χ1v) is 7.94. The monoisotopic (exact) mass is 259 g/mol. The fraction of sp³-hybridized carbons (Fsp3) is 0.812. The molecule has 2 N–H and O–H groups in total. The highest BCUT2D eigenvalue weighted by atomic mass is 15.1. The van der Waals surface area contributed by atoms with Crippen molar-refractivity contribution in [2.24, 2.45) is 35.3 Å². The molecule has 4 rings (SSSR count). The van der Waals surface area contributed by atoms with Crippen LogP contribution in [0.5, 0.6) is 0 Å². The summed E-state index contributed by atoms with van der Waals surface area (Å²) in [6.45, 7) is 4.49. The molecule has 5 atom stereocenters. The van der Waals surface area contributed by atoms with E-state index in [2.05, 4.69) is 23.4 Å². The third-order valence-corrected chi connectivity index (χ3v) is 5.82. The molecule has 1 aromatic heterocycles. The summed E-state index contributed by atoms with van der Waals surface area (Å²) in [6.07, 6.45) is 9.56. The van der Waals surface area contributed by atoms with Crippen molar-refractivity contribution in [1.82, 2.24) is 9.55 Å². The molecule has 3 aliphatic rings. The summed E-state index contributed by atoms with van der Waals surface area (Å²) in [5.41, 5.74) is 7.65. The van der Waals surface area contributed by atoms with E-state index in [1.54, 1.807) is 0 Å². The van der Waals surface area contributed by atoms with Crippen molar-refractivity contribution in [1.29, 1.82) is 0 Å². The second-order valence-corrected chi connectivity index (χ2v) is 7.44. The van der Waals surface area contributed by atoms with E-state index in [0.717, 1.165) is 36.1 Å². The molecule has 3 heteroatoms. The van der Waals surface area contributed by atoms with Gasteiger partial charge in [0.1, 0.15) is 0 Å². The zero-order valence-electron chi connectivity index (χ0n) is 12.0. The Bertz CT molecular complexity index is 462. The van der Waals surface area contributed by atoms with Gasteiger partial charge in [-0.2, -0.15) is 0 Å². The van der Waals surface area contributed by atoms with Crippen molar-refractivity contribution in [2.45, 2.75) is 51.6 Å². The van der Waals surface area contributed by atoms with Crippen LogP contribution >= 0.6 is 0 Å². The first kappa shape index (κ1) is 12.0. The molecule has 3 fully saturated rings. The molecule has 19 heavy (non-hydrogen) atoms. The van der Waals surface area contributed by atoms with E-state index in [9.17, 15) is 0 Å². The topological polar surface area (TPSA) is 43.8 Å². The van der Waals surface area contributed by atoms with Crippen LogP contribution in [-0.2, 0) is 0 Å². The smallest absolute Gasteiger partial charge is 0.0951 e. The third-order valence-electron chi connectivity index (χ3n) is 5.82. The number of hydrogen-bond acceptors (Lipinski definition) is 2. The average Bonchev–Trinajstić information content (AvgIpc) is 2.77. The summed E-state index contributed by atoms with van der Waals surface area (Å²) in [5.74, 6) is 4.58. The lowest BCUT2D eigenvalue weighted by Gasteiger charge is -2.18. The van der Waals surface area contributed by atoms with E-state index in [1.165, 1.54) is 25.0 Å². The van der Waals surface area contributed by atoms with Crippen LogP contribution in [0.15, 0.2) is 12.5 Å². The number of nitrogens with zero attached hydrogens (tertiary/aromatic N) is 2. The summed E-state index contributed by atoms with van der Waals surface area (Å²) >= 11 is 0. The van der Waals surface area contributed by atoms with Gasteiger partial charge in [0.15, 0.2) is 0 Å². The molecule has 0 radical (unpaired) electrons. The molecule has 1 aromatic rings. The van der Waals surface area contributed by atoms with Gasteiger partial charge in [-0.1, -0.05) is 13.8 Å². The fourth-order valence-corrected chi connectivity index (χ4v) is 5.13. The summed E-state index contributed by atoms with van der Waals surface area (Å²) in [7, 11) is 0. The van der Waals surface area contributed by atoms with Crippen molar-refractivity contribution in [3.8, 4) is 0 Å². The largest absolute Gasteiger partial charge is 0.329 e. The Hall–Kier alpha value is -0.830. The first-order valence-electron chi connectivity index (χ1n) is 7.94. The molecule has 3 aliphatic carbocycles. The van der Waals surface area contributed by atoms with E-state index in [1.807, 2.05) is 12.5 Å². The molecule has 104 valence electrons. The minimum absolute atomic E-state index is 0.154. The van der Waals surface area contributed by atoms with Crippen LogP contribution in [0.3, 0.4) is 0 Å². The second kappa shape index (κ2) is 4.08. The van der Waals surface area contributed by atoms with Crippen molar-refractivity contribution in [3.63, 3.8) is 0 Å². The number of rotatable bonds is 4. The summed E-state index contributed by atoms with van der Waals surface area (Å²) in [6, 6.07) is 0.892. The van der Waals surface area contributed by atoms with Gasteiger partial charge in [-0.15, -0.1) is 0 Å². The van der Waals surface area contributed by atoms with Crippen molar-refractivity contribution in [3.05, 3.63) is 18.2 Å². The molecule has 5 unspecified atom stereocenters. The van der Waals surface area contributed by atoms with E-state index < -0.39 is 0 Å². The van der Waals surface area contributed by atoms with Crippen LogP contribution in [0.4, 0.5) is 0 Å². The molecule has 0 saturated heterocycles. The highest BCUT2D eigenvalue weighted by molar-refractivity contribution is 5.19. The fourth-order valence-electron chi connectivity index (χ4n) is 5.13. The summed E-state index contributed by atoms with van der Waals surface area (Å²) < 4.78 is 2.44. The maximum atomic E-state index is 6.38. The van der Waals surface area contributed by atoms with Crippen LogP contribution in [0.1, 0.15) is 57.3 Å². The van der Waals surface area contributed by atoms with Gasteiger partial charge in [-0.05, 0) is 55.3 Å². The lowest BCUT2D eigenvalue weighted by molar-refractivity contribution is 0.427. The molecule has 0 aliphatic heterocycles. The van der Waals surface area contributed by atoms with E-state index in [0.29, 0.717) is 5.92 Å². The normalized spacial score (nSPS) is 40.7. The van der Waals surface area contributed by atoms with E-state index >= 15 is 0 Å². The van der Waals surface area contributed by atoms with Gasteiger partial charge < -0.3 is 10.3 Å². The maximum absolute atomic E-state index is 6.38. The molecule has 0 amide bonds. The standard InChI is InChI=1S/C16H25N3/c1-9(2)5-12(17)13-7-18-8-19(13)16-14-10-3-4-11(6-10)15(14)16/h7-12,14-16H,3-6,17H2,1-2H3. The molecule has 3 saturated carbocycles. The quantitative estimate of drug-likeness (QED) is 0.902. The average molecular weight is 259 g/mol. The Balaban J connectivity index is 1.56. The second-order valence-electron chi connectivity index (χ2n) is 7.44. The highest BCUT2D eigenvalue weighted by Crippen LogP contribution is 2.71. The zero-order chi connectivity index (χ0) is 13.1. The predicted molar refractivity (Wildman–Crippen MR) is 75.5 cm³/mol. The van der Waals surface area contributed by atoms with Gasteiger partial charge in [0.25, 0.3) is 0 Å². The maximum Gasteiger partial charge on any atom is 0.0951 e. The van der Waals surface area contributed by atoms with Gasteiger partial charge in [0, 0.05) is 18.3 Å². The van der Waals surface area contributed by atoms with E-state index in [4.69, 9.17) is 5.73 Å². The van der Waals surface area contributed by atoms with Crippen LogP contribution in [0, 0.1) is 29.6 Å². The third kappa shape index (κ3) is 1.70.